The van der Waals surface area contributed by atoms with E-state index in [0.717, 1.165) is 32.8 Å². The van der Waals surface area contributed by atoms with Crippen LogP contribution in [-0.4, -0.2) is 50.8 Å². The van der Waals surface area contributed by atoms with E-state index in [0.29, 0.717) is 16.9 Å². The lowest BCUT2D eigenvalue weighted by atomic mass is 9.83. The predicted octanol–water partition coefficient (Wildman–Crippen LogP) is 2.37. The van der Waals surface area contributed by atoms with Gasteiger partial charge in [-0.2, -0.15) is 0 Å². The number of hydrogen-bond donors (Lipinski definition) is 1. The molecule has 1 fully saturated rings. The molecular formula is C15H32N2O. The molecule has 3 heteroatoms. The van der Waals surface area contributed by atoms with Gasteiger partial charge >= 0.3 is 0 Å². The van der Waals surface area contributed by atoms with E-state index in [1.807, 2.05) is 0 Å². The third-order valence-corrected chi connectivity index (χ3v) is 4.43. The molecule has 1 rings (SSSR count). The summed E-state index contributed by atoms with van der Waals surface area (Å²) in [6, 6.07) is 0.580. The highest BCUT2D eigenvalue weighted by molar-refractivity contribution is 4.90. The second kappa shape index (κ2) is 6.36. The first-order chi connectivity index (χ1) is 8.31. The van der Waals surface area contributed by atoms with E-state index < -0.39 is 0 Å². The van der Waals surface area contributed by atoms with Crippen molar-refractivity contribution in [2.75, 3.05) is 39.9 Å². The van der Waals surface area contributed by atoms with Gasteiger partial charge in [0.05, 0.1) is 6.61 Å². The predicted molar refractivity (Wildman–Crippen MR) is 78.0 cm³/mol. The maximum absolute atomic E-state index is 5.66. The zero-order chi connectivity index (χ0) is 13.8. The Morgan fingerprint density at radius 2 is 2.06 bits per heavy atom. The van der Waals surface area contributed by atoms with Gasteiger partial charge in [-0.05, 0) is 32.4 Å². The van der Waals surface area contributed by atoms with Gasteiger partial charge in [0.25, 0.3) is 0 Å². The molecule has 0 aromatic rings. The largest absolute Gasteiger partial charge is 0.381 e. The molecule has 0 spiro atoms. The third-order valence-electron chi connectivity index (χ3n) is 4.43. The summed E-state index contributed by atoms with van der Waals surface area (Å²) >= 11 is 0. The highest BCUT2D eigenvalue weighted by Crippen LogP contribution is 2.32. The number of rotatable bonds is 6. The van der Waals surface area contributed by atoms with Gasteiger partial charge in [0.1, 0.15) is 0 Å². The Bertz CT molecular complexity index is 241. The molecule has 0 amide bonds. The first-order valence-electron chi connectivity index (χ1n) is 7.29. The summed E-state index contributed by atoms with van der Waals surface area (Å²) < 4.78 is 5.66. The molecule has 0 aliphatic carbocycles. The Morgan fingerprint density at radius 3 is 2.50 bits per heavy atom. The van der Waals surface area contributed by atoms with Crippen LogP contribution in [0.1, 0.15) is 41.0 Å². The smallest absolute Gasteiger partial charge is 0.0547 e. The molecule has 108 valence electrons. The molecule has 3 nitrogen and oxygen atoms in total. The Morgan fingerprint density at radius 1 is 1.39 bits per heavy atom. The van der Waals surface area contributed by atoms with Crippen LogP contribution < -0.4 is 5.32 Å². The number of nitrogens with zero attached hydrogens (tertiary/aromatic N) is 1. The SMILES string of the molecule is CCNCC1(CN(C)C(C)C(C)(C)C)CCOC1. The molecule has 0 saturated carbocycles. The molecule has 0 aromatic carbocycles. The fourth-order valence-electron chi connectivity index (χ4n) is 2.69. The van der Waals surface area contributed by atoms with Crippen molar-refractivity contribution in [1.82, 2.24) is 10.2 Å². The Balaban J connectivity index is 2.60. The van der Waals surface area contributed by atoms with Gasteiger partial charge in [0.15, 0.2) is 0 Å². The van der Waals surface area contributed by atoms with Gasteiger partial charge < -0.3 is 15.0 Å². The summed E-state index contributed by atoms with van der Waals surface area (Å²) in [5.41, 5.74) is 0.637. The summed E-state index contributed by atoms with van der Waals surface area (Å²) in [7, 11) is 2.25. The van der Waals surface area contributed by atoms with Crippen LogP contribution in [0, 0.1) is 10.8 Å². The van der Waals surface area contributed by atoms with Crippen molar-refractivity contribution in [2.24, 2.45) is 10.8 Å². The molecule has 0 radical (unpaired) electrons. The van der Waals surface area contributed by atoms with Gasteiger partial charge in [0, 0.05) is 31.2 Å². The molecule has 0 aromatic heterocycles. The molecule has 0 bridgehead atoms. The molecule has 18 heavy (non-hydrogen) atoms. The molecule has 1 saturated heterocycles. The first kappa shape index (κ1) is 15.9. The lowest BCUT2D eigenvalue weighted by molar-refractivity contribution is 0.0702. The molecule has 2 unspecified atom stereocenters. The van der Waals surface area contributed by atoms with E-state index in [1.165, 1.54) is 6.42 Å². The van der Waals surface area contributed by atoms with Crippen molar-refractivity contribution in [3.63, 3.8) is 0 Å². The Hall–Kier alpha value is -0.120. The minimum Gasteiger partial charge on any atom is -0.381 e. The monoisotopic (exact) mass is 256 g/mol. The van der Waals surface area contributed by atoms with Crippen LogP contribution in [0.15, 0.2) is 0 Å². The lowest BCUT2D eigenvalue weighted by Gasteiger charge is -2.40. The Kier molecular flexibility index (Phi) is 5.63. The van der Waals surface area contributed by atoms with Crippen LogP contribution in [0.25, 0.3) is 0 Å². The van der Waals surface area contributed by atoms with Crippen molar-refractivity contribution in [1.29, 1.82) is 0 Å². The van der Waals surface area contributed by atoms with Gasteiger partial charge in [-0.1, -0.05) is 27.7 Å². The van der Waals surface area contributed by atoms with Gasteiger partial charge in [-0.25, -0.2) is 0 Å². The standard InChI is InChI=1S/C15H32N2O/c1-7-16-10-15(8-9-18-12-15)11-17(6)13(2)14(3,4)5/h13,16H,7-12H2,1-6H3. The van der Waals surface area contributed by atoms with E-state index in [9.17, 15) is 0 Å². The topological polar surface area (TPSA) is 24.5 Å². The average molecular weight is 256 g/mol. The van der Waals surface area contributed by atoms with Crippen LogP contribution >= 0.6 is 0 Å². The minimum absolute atomic E-state index is 0.310. The summed E-state index contributed by atoms with van der Waals surface area (Å²) in [5.74, 6) is 0. The van der Waals surface area contributed by atoms with E-state index in [2.05, 4.69) is 51.9 Å². The number of hydrogen-bond acceptors (Lipinski definition) is 3. The fraction of sp³-hybridized carbons (Fsp3) is 1.00. The average Bonchev–Trinajstić information content (AvgIpc) is 2.73. The molecule has 2 atom stereocenters. The lowest BCUT2D eigenvalue weighted by Crippen LogP contribution is -2.49. The zero-order valence-electron chi connectivity index (χ0n) is 13.2. The normalized spacial score (nSPS) is 26.8. The minimum atomic E-state index is 0.310. The maximum Gasteiger partial charge on any atom is 0.0547 e. The van der Waals surface area contributed by atoms with E-state index in [4.69, 9.17) is 4.74 Å². The molecule has 1 aliphatic heterocycles. The highest BCUT2D eigenvalue weighted by atomic mass is 16.5. The van der Waals surface area contributed by atoms with Crippen molar-refractivity contribution in [3.8, 4) is 0 Å². The number of nitrogens with one attached hydrogen (secondary N) is 1. The van der Waals surface area contributed by atoms with Crippen LogP contribution in [0.3, 0.4) is 0 Å². The summed E-state index contributed by atoms with van der Waals surface area (Å²) in [4.78, 5) is 2.51. The van der Waals surface area contributed by atoms with Gasteiger partial charge in [0.2, 0.25) is 0 Å². The zero-order valence-corrected chi connectivity index (χ0v) is 13.2. The van der Waals surface area contributed by atoms with Crippen molar-refractivity contribution < 1.29 is 4.74 Å². The first-order valence-corrected chi connectivity index (χ1v) is 7.29. The molecule has 1 N–H and O–H groups in total. The van der Waals surface area contributed by atoms with Crippen molar-refractivity contribution >= 4 is 0 Å². The second-order valence-corrected chi connectivity index (χ2v) is 7.04. The van der Waals surface area contributed by atoms with E-state index in [-0.39, 0.29) is 0 Å². The summed E-state index contributed by atoms with van der Waals surface area (Å²) in [6.07, 6.45) is 1.18. The second-order valence-electron chi connectivity index (χ2n) is 7.04. The Labute approximate surface area is 113 Å². The van der Waals surface area contributed by atoms with Crippen molar-refractivity contribution in [2.45, 2.75) is 47.1 Å². The van der Waals surface area contributed by atoms with Crippen molar-refractivity contribution in [3.05, 3.63) is 0 Å². The van der Waals surface area contributed by atoms with Gasteiger partial charge in [-0.3, -0.25) is 0 Å². The third kappa shape index (κ3) is 4.22. The van der Waals surface area contributed by atoms with Gasteiger partial charge in [-0.15, -0.1) is 0 Å². The fourth-order valence-corrected chi connectivity index (χ4v) is 2.69. The highest BCUT2D eigenvalue weighted by Gasteiger charge is 2.37. The van der Waals surface area contributed by atoms with Crippen LogP contribution in [0.5, 0.6) is 0 Å². The summed E-state index contributed by atoms with van der Waals surface area (Å²) in [5, 5.41) is 3.51. The van der Waals surface area contributed by atoms with Crippen LogP contribution in [0.2, 0.25) is 0 Å². The quantitative estimate of drug-likeness (QED) is 0.789. The van der Waals surface area contributed by atoms with Crippen LogP contribution in [0.4, 0.5) is 0 Å². The van der Waals surface area contributed by atoms with E-state index >= 15 is 0 Å². The van der Waals surface area contributed by atoms with Crippen LogP contribution in [-0.2, 0) is 4.74 Å². The van der Waals surface area contributed by atoms with E-state index in [1.54, 1.807) is 0 Å². The molecule has 1 aliphatic rings. The molecular weight excluding hydrogens is 224 g/mol. The molecule has 1 heterocycles. The maximum atomic E-state index is 5.66. The number of ether oxygens (including phenoxy) is 1. The summed E-state index contributed by atoms with van der Waals surface area (Å²) in [6.45, 7) is 16.5.